The molecule has 0 saturated heterocycles. The van der Waals surface area contributed by atoms with Crippen LogP contribution in [0.15, 0.2) is 12.1 Å². The second kappa shape index (κ2) is 5.71. The molecule has 1 atom stereocenters. The molecule has 102 valence electrons. The molecule has 0 saturated carbocycles. The fourth-order valence-electron chi connectivity index (χ4n) is 1.55. The van der Waals surface area contributed by atoms with Gasteiger partial charge in [0.2, 0.25) is 0 Å². The predicted octanol–water partition coefficient (Wildman–Crippen LogP) is 1.96. The van der Waals surface area contributed by atoms with E-state index in [-0.39, 0.29) is 18.6 Å². The van der Waals surface area contributed by atoms with Crippen LogP contribution in [0.4, 0.5) is 13.2 Å². The van der Waals surface area contributed by atoms with Crippen LogP contribution < -0.4 is 0 Å². The first-order valence-electron chi connectivity index (χ1n) is 5.21. The first kappa shape index (κ1) is 15.0. The van der Waals surface area contributed by atoms with E-state index in [0.717, 1.165) is 6.26 Å². The molecule has 3 nitrogen and oxygen atoms in total. The van der Waals surface area contributed by atoms with Crippen LogP contribution in [-0.2, 0) is 9.84 Å². The topological polar surface area (TPSA) is 54.4 Å². The Morgan fingerprint density at radius 2 is 1.72 bits per heavy atom. The minimum Gasteiger partial charge on any atom is -0.388 e. The molecule has 7 heteroatoms. The molecule has 0 aliphatic heterocycles. The van der Waals surface area contributed by atoms with E-state index in [0.29, 0.717) is 12.1 Å². The van der Waals surface area contributed by atoms with E-state index in [1.807, 2.05) is 0 Å². The standard InChI is InChI=1S/C11H13F3O3S/c1-18(16,17)4-2-3-10(15)11-8(13)5-7(12)6-9(11)14/h5-6,10,15H,2-4H2,1H3. The lowest BCUT2D eigenvalue weighted by atomic mass is 10.0. The molecule has 0 aliphatic carbocycles. The summed E-state index contributed by atoms with van der Waals surface area (Å²) in [4.78, 5) is 0. The monoisotopic (exact) mass is 282 g/mol. The second-order valence-electron chi connectivity index (χ2n) is 4.07. The zero-order valence-corrected chi connectivity index (χ0v) is 10.5. The van der Waals surface area contributed by atoms with Crippen molar-refractivity contribution in [3.05, 3.63) is 35.1 Å². The highest BCUT2D eigenvalue weighted by Gasteiger charge is 2.19. The van der Waals surface area contributed by atoms with Gasteiger partial charge in [-0.2, -0.15) is 0 Å². The van der Waals surface area contributed by atoms with Crippen LogP contribution in [0.2, 0.25) is 0 Å². The van der Waals surface area contributed by atoms with Gasteiger partial charge >= 0.3 is 0 Å². The molecule has 1 rings (SSSR count). The van der Waals surface area contributed by atoms with Gasteiger partial charge < -0.3 is 5.11 Å². The summed E-state index contributed by atoms with van der Waals surface area (Å²) in [6, 6.07) is 0.941. The first-order chi connectivity index (χ1) is 8.20. The first-order valence-corrected chi connectivity index (χ1v) is 7.27. The van der Waals surface area contributed by atoms with E-state index < -0.39 is 39.0 Å². The largest absolute Gasteiger partial charge is 0.388 e. The Morgan fingerprint density at radius 1 is 1.22 bits per heavy atom. The number of hydrogen-bond acceptors (Lipinski definition) is 3. The van der Waals surface area contributed by atoms with Crippen LogP contribution in [0.1, 0.15) is 24.5 Å². The molecule has 0 spiro atoms. The lowest BCUT2D eigenvalue weighted by Gasteiger charge is -2.12. The average Bonchev–Trinajstić information content (AvgIpc) is 2.13. The summed E-state index contributed by atoms with van der Waals surface area (Å²) < 4.78 is 60.9. The molecular formula is C11H13F3O3S. The molecule has 0 heterocycles. The third-order valence-corrected chi connectivity index (χ3v) is 3.40. The lowest BCUT2D eigenvalue weighted by molar-refractivity contribution is 0.157. The summed E-state index contributed by atoms with van der Waals surface area (Å²) in [5, 5.41) is 9.57. The van der Waals surface area contributed by atoms with Crippen molar-refractivity contribution in [3.8, 4) is 0 Å². The maximum Gasteiger partial charge on any atom is 0.147 e. The minimum absolute atomic E-state index is 0.0657. The number of rotatable bonds is 5. The van der Waals surface area contributed by atoms with E-state index in [4.69, 9.17) is 0 Å². The van der Waals surface area contributed by atoms with Crippen molar-refractivity contribution < 1.29 is 26.7 Å². The predicted molar refractivity (Wildman–Crippen MR) is 60.2 cm³/mol. The van der Waals surface area contributed by atoms with Gasteiger partial charge in [0.1, 0.15) is 27.3 Å². The summed E-state index contributed by atoms with van der Waals surface area (Å²) in [5.74, 6) is -3.62. The molecule has 0 fully saturated rings. The fourth-order valence-corrected chi connectivity index (χ4v) is 2.25. The van der Waals surface area contributed by atoms with Crippen molar-refractivity contribution >= 4 is 9.84 Å². The van der Waals surface area contributed by atoms with Crippen molar-refractivity contribution in [2.75, 3.05) is 12.0 Å². The molecule has 1 unspecified atom stereocenters. The summed E-state index contributed by atoms with van der Waals surface area (Å²) >= 11 is 0. The molecule has 1 N–H and O–H groups in total. The van der Waals surface area contributed by atoms with Crippen LogP contribution in [0.25, 0.3) is 0 Å². The van der Waals surface area contributed by atoms with Gasteiger partial charge in [-0.05, 0) is 12.8 Å². The third-order valence-electron chi connectivity index (χ3n) is 2.37. The van der Waals surface area contributed by atoms with Crippen LogP contribution in [-0.4, -0.2) is 25.5 Å². The average molecular weight is 282 g/mol. The highest BCUT2D eigenvalue weighted by molar-refractivity contribution is 7.90. The molecule has 0 radical (unpaired) electrons. The van der Waals surface area contributed by atoms with Gasteiger partial charge in [-0.3, -0.25) is 0 Å². The van der Waals surface area contributed by atoms with Gasteiger partial charge in [-0.1, -0.05) is 0 Å². The zero-order valence-electron chi connectivity index (χ0n) is 9.66. The van der Waals surface area contributed by atoms with E-state index in [9.17, 15) is 26.7 Å². The molecule has 0 amide bonds. The molecule has 1 aromatic carbocycles. The quantitative estimate of drug-likeness (QED) is 0.898. The van der Waals surface area contributed by atoms with Crippen molar-refractivity contribution in [1.82, 2.24) is 0 Å². The Kier molecular flexibility index (Phi) is 4.75. The van der Waals surface area contributed by atoms with E-state index in [1.54, 1.807) is 0 Å². The smallest absolute Gasteiger partial charge is 0.147 e. The van der Waals surface area contributed by atoms with Gasteiger partial charge in [0.25, 0.3) is 0 Å². The van der Waals surface area contributed by atoms with Crippen LogP contribution >= 0.6 is 0 Å². The van der Waals surface area contributed by atoms with Gasteiger partial charge in [0.15, 0.2) is 0 Å². The number of benzene rings is 1. The van der Waals surface area contributed by atoms with E-state index in [1.165, 1.54) is 0 Å². The lowest BCUT2D eigenvalue weighted by Crippen LogP contribution is -2.08. The number of hydrogen-bond donors (Lipinski definition) is 1. The van der Waals surface area contributed by atoms with Gasteiger partial charge in [0, 0.05) is 24.1 Å². The Balaban J connectivity index is 2.76. The molecule has 1 aromatic rings. The molecule has 0 bridgehead atoms. The van der Waals surface area contributed by atoms with E-state index in [2.05, 4.69) is 0 Å². The minimum atomic E-state index is -3.19. The highest BCUT2D eigenvalue weighted by atomic mass is 32.2. The molecular weight excluding hydrogens is 269 g/mol. The highest BCUT2D eigenvalue weighted by Crippen LogP contribution is 2.25. The number of aliphatic hydroxyl groups excluding tert-OH is 1. The van der Waals surface area contributed by atoms with Gasteiger partial charge in [-0.25, -0.2) is 21.6 Å². The van der Waals surface area contributed by atoms with Crippen molar-refractivity contribution in [2.45, 2.75) is 18.9 Å². The summed E-state index contributed by atoms with van der Waals surface area (Å²) in [6.07, 6.45) is -0.520. The normalized spacial score (nSPS) is 13.6. The number of sulfone groups is 1. The summed E-state index contributed by atoms with van der Waals surface area (Å²) in [7, 11) is -3.19. The summed E-state index contributed by atoms with van der Waals surface area (Å²) in [5.41, 5.74) is -0.634. The molecule has 0 aromatic heterocycles. The number of halogens is 3. The Morgan fingerprint density at radius 3 is 2.17 bits per heavy atom. The van der Waals surface area contributed by atoms with Crippen molar-refractivity contribution in [2.24, 2.45) is 0 Å². The van der Waals surface area contributed by atoms with E-state index >= 15 is 0 Å². The second-order valence-corrected chi connectivity index (χ2v) is 6.33. The Bertz CT molecular complexity index is 505. The summed E-state index contributed by atoms with van der Waals surface area (Å²) in [6.45, 7) is 0. The SMILES string of the molecule is CS(=O)(=O)CCCC(O)c1c(F)cc(F)cc1F. The number of aliphatic hydroxyl groups is 1. The Labute approximate surface area is 103 Å². The Hall–Kier alpha value is -1.08. The van der Waals surface area contributed by atoms with Crippen LogP contribution in [0.5, 0.6) is 0 Å². The molecule has 18 heavy (non-hydrogen) atoms. The maximum absolute atomic E-state index is 13.3. The van der Waals surface area contributed by atoms with Crippen LogP contribution in [0, 0.1) is 17.5 Å². The van der Waals surface area contributed by atoms with Gasteiger partial charge in [0.05, 0.1) is 11.7 Å². The van der Waals surface area contributed by atoms with Gasteiger partial charge in [-0.15, -0.1) is 0 Å². The zero-order chi connectivity index (χ0) is 13.9. The van der Waals surface area contributed by atoms with Crippen LogP contribution in [0.3, 0.4) is 0 Å². The maximum atomic E-state index is 13.3. The van der Waals surface area contributed by atoms with Crippen molar-refractivity contribution in [3.63, 3.8) is 0 Å². The fraction of sp³-hybridized carbons (Fsp3) is 0.455. The third kappa shape index (κ3) is 4.30. The van der Waals surface area contributed by atoms with Crippen molar-refractivity contribution in [1.29, 1.82) is 0 Å². The molecule has 0 aliphatic rings.